The Kier molecular flexibility index (Phi) is 2.86. The molecule has 2 nitrogen and oxygen atoms in total. The number of aryl methyl sites for hydroxylation is 2. The van der Waals surface area contributed by atoms with Gasteiger partial charge in [-0.3, -0.25) is 0 Å². The Morgan fingerprint density at radius 3 is 2.47 bits per heavy atom. The summed E-state index contributed by atoms with van der Waals surface area (Å²) in [5, 5.41) is 0. The Hall–Kier alpha value is -1.57. The van der Waals surface area contributed by atoms with Crippen molar-refractivity contribution in [2.75, 3.05) is 0 Å². The summed E-state index contributed by atoms with van der Waals surface area (Å²) in [6.07, 6.45) is 6.08. The summed E-state index contributed by atoms with van der Waals surface area (Å²) in [7, 11) is 2.02. The molecule has 0 radical (unpaired) electrons. The number of rotatable bonds is 3. The molecule has 0 fully saturated rings. The maximum Gasteiger partial charge on any atom is 0.0948 e. The van der Waals surface area contributed by atoms with Gasteiger partial charge >= 0.3 is 0 Å². The van der Waals surface area contributed by atoms with Crippen LogP contribution in [0.1, 0.15) is 18.9 Å². The smallest absolute Gasteiger partial charge is 0.0948 e. The Morgan fingerprint density at radius 2 is 1.93 bits per heavy atom. The van der Waals surface area contributed by atoms with Crippen LogP contribution >= 0.6 is 0 Å². The van der Waals surface area contributed by atoms with E-state index in [0.717, 1.165) is 12.1 Å². The number of benzene rings is 1. The van der Waals surface area contributed by atoms with Crippen molar-refractivity contribution in [2.45, 2.75) is 19.8 Å². The Labute approximate surface area is 90.6 Å². The van der Waals surface area contributed by atoms with Crippen LogP contribution in [-0.2, 0) is 13.5 Å². The third kappa shape index (κ3) is 2.09. The van der Waals surface area contributed by atoms with Crippen LogP contribution in [-0.4, -0.2) is 9.55 Å². The third-order valence-corrected chi connectivity index (χ3v) is 2.61. The van der Waals surface area contributed by atoms with E-state index in [1.54, 1.807) is 0 Å². The van der Waals surface area contributed by atoms with Crippen molar-refractivity contribution in [1.82, 2.24) is 9.55 Å². The van der Waals surface area contributed by atoms with Crippen LogP contribution in [0.2, 0.25) is 0 Å². The van der Waals surface area contributed by atoms with Crippen molar-refractivity contribution in [3.05, 3.63) is 42.4 Å². The molecule has 0 unspecified atom stereocenters. The highest BCUT2D eigenvalue weighted by Crippen LogP contribution is 2.18. The lowest BCUT2D eigenvalue weighted by Gasteiger charge is -2.03. The van der Waals surface area contributed by atoms with Crippen molar-refractivity contribution in [1.29, 1.82) is 0 Å². The Bertz CT molecular complexity index is 426. The van der Waals surface area contributed by atoms with Crippen molar-refractivity contribution in [3.63, 3.8) is 0 Å². The number of hydrogen-bond acceptors (Lipinski definition) is 1. The van der Waals surface area contributed by atoms with E-state index >= 15 is 0 Å². The van der Waals surface area contributed by atoms with Crippen LogP contribution in [0, 0.1) is 0 Å². The average Bonchev–Trinajstić information content (AvgIpc) is 2.66. The molecule has 0 atom stereocenters. The van der Waals surface area contributed by atoms with E-state index in [1.165, 1.54) is 17.5 Å². The van der Waals surface area contributed by atoms with Gasteiger partial charge in [0.1, 0.15) is 0 Å². The maximum atomic E-state index is 4.12. The highest BCUT2D eigenvalue weighted by Gasteiger charge is 2.01. The number of imidazole rings is 1. The minimum absolute atomic E-state index is 1.16. The molecular formula is C13H16N2. The zero-order valence-corrected chi connectivity index (χ0v) is 9.27. The van der Waals surface area contributed by atoms with Crippen LogP contribution in [0.5, 0.6) is 0 Å². The lowest BCUT2D eigenvalue weighted by atomic mass is 10.1. The molecule has 2 heteroatoms. The first-order valence-electron chi connectivity index (χ1n) is 5.37. The Balaban J connectivity index is 2.28. The molecule has 1 heterocycles. The van der Waals surface area contributed by atoms with Gasteiger partial charge in [-0.1, -0.05) is 37.6 Å². The molecule has 0 aliphatic rings. The second kappa shape index (κ2) is 4.30. The first-order valence-corrected chi connectivity index (χ1v) is 5.37. The van der Waals surface area contributed by atoms with Gasteiger partial charge in [-0.25, -0.2) is 4.98 Å². The van der Waals surface area contributed by atoms with Gasteiger partial charge < -0.3 is 4.57 Å². The fraction of sp³-hybridized carbons (Fsp3) is 0.308. The van der Waals surface area contributed by atoms with Crippen LogP contribution in [0.4, 0.5) is 0 Å². The van der Waals surface area contributed by atoms with Crippen molar-refractivity contribution in [3.8, 4) is 11.3 Å². The Morgan fingerprint density at radius 1 is 1.20 bits per heavy atom. The van der Waals surface area contributed by atoms with Gasteiger partial charge in [0.25, 0.3) is 0 Å². The lowest BCUT2D eigenvalue weighted by Crippen LogP contribution is -1.89. The predicted octanol–water partition coefficient (Wildman–Crippen LogP) is 3.04. The van der Waals surface area contributed by atoms with Gasteiger partial charge in [-0.15, -0.1) is 0 Å². The summed E-state index contributed by atoms with van der Waals surface area (Å²) in [6, 6.07) is 8.74. The molecule has 1 aromatic heterocycles. The molecule has 0 saturated heterocycles. The third-order valence-electron chi connectivity index (χ3n) is 2.61. The summed E-state index contributed by atoms with van der Waals surface area (Å²) in [5.74, 6) is 0. The molecule has 0 spiro atoms. The van der Waals surface area contributed by atoms with Crippen molar-refractivity contribution < 1.29 is 0 Å². The molecule has 0 aliphatic carbocycles. The summed E-state index contributed by atoms with van der Waals surface area (Å²) < 4.78 is 2.04. The summed E-state index contributed by atoms with van der Waals surface area (Å²) in [6.45, 7) is 2.20. The lowest BCUT2D eigenvalue weighted by molar-refractivity contribution is 0.915. The normalized spacial score (nSPS) is 10.5. The summed E-state index contributed by atoms with van der Waals surface area (Å²) >= 11 is 0. The number of hydrogen-bond donors (Lipinski definition) is 0. The van der Waals surface area contributed by atoms with Gasteiger partial charge in [-0.2, -0.15) is 0 Å². The fourth-order valence-corrected chi connectivity index (χ4v) is 1.77. The van der Waals surface area contributed by atoms with E-state index in [9.17, 15) is 0 Å². The summed E-state index contributed by atoms with van der Waals surface area (Å²) in [4.78, 5) is 4.12. The van der Waals surface area contributed by atoms with Crippen LogP contribution in [0.15, 0.2) is 36.8 Å². The van der Waals surface area contributed by atoms with E-state index in [2.05, 4.69) is 36.2 Å². The van der Waals surface area contributed by atoms with E-state index < -0.39 is 0 Å². The van der Waals surface area contributed by atoms with Crippen LogP contribution < -0.4 is 0 Å². The van der Waals surface area contributed by atoms with E-state index in [-0.39, 0.29) is 0 Å². The minimum Gasteiger partial charge on any atom is -0.334 e. The fourth-order valence-electron chi connectivity index (χ4n) is 1.77. The van der Waals surface area contributed by atoms with Gasteiger partial charge in [0.15, 0.2) is 0 Å². The number of aromatic nitrogens is 2. The monoisotopic (exact) mass is 200 g/mol. The quantitative estimate of drug-likeness (QED) is 0.744. The maximum absolute atomic E-state index is 4.12. The highest BCUT2D eigenvalue weighted by molar-refractivity contribution is 5.59. The molecule has 0 saturated carbocycles. The van der Waals surface area contributed by atoms with Gasteiger partial charge in [0.05, 0.1) is 18.2 Å². The molecule has 2 rings (SSSR count). The first-order chi connectivity index (χ1) is 7.31. The zero-order chi connectivity index (χ0) is 10.7. The summed E-state index contributed by atoms with van der Waals surface area (Å²) in [5.41, 5.74) is 3.80. The second-order valence-electron chi connectivity index (χ2n) is 3.84. The topological polar surface area (TPSA) is 17.8 Å². The van der Waals surface area contributed by atoms with Crippen LogP contribution in [0.3, 0.4) is 0 Å². The molecule has 0 N–H and O–H groups in total. The first kappa shape index (κ1) is 9.97. The zero-order valence-electron chi connectivity index (χ0n) is 9.27. The van der Waals surface area contributed by atoms with E-state index in [0.29, 0.717) is 0 Å². The standard InChI is InChI=1S/C13H16N2/c1-3-4-11-5-7-12(8-6-11)13-9-14-10-15(13)2/h5-10H,3-4H2,1-2H3. The second-order valence-corrected chi connectivity index (χ2v) is 3.84. The van der Waals surface area contributed by atoms with E-state index in [4.69, 9.17) is 0 Å². The molecule has 2 aromatic rings. The van der Waals surface area contributed by atoms with Crippen molar-refractivity contribution >= 4 is 0 Å². The number of nitrogens with zero attached hydrogens (tertiary/aromatic N) is 2. The van der Waals surface area contributed by atoms with Gasteiger partial charge in [0, 0.05) is 7.05 Å². The molecule has 1 aromatic carbocycles. The largest absolute Gasteiger partial charge is 0.334 e. The molecular weight excluding hydrogens is 184 g/mol. The van der Waals surface area contributed by atoms with Gasteiger partial charge in [-0.05, 0) is 17.5 Å². The molecule has 0 amide bonds. The molecule has 15 heavy (non-hydrogen) atoms. The van der Waals surface area contributed by atoms with Crippen LogP contribution in [0.25, 0.3) is 11.3 Å². The van der Waals surface area contributed by atoms with Gasteiger partial charge in [0.2, 0.25) is 0 Å². The average molecular weight is 200 g/mol. The molecule has 0 aliphatic heterocycles. The molecule has 78 valence electrons. The SMILES string of the molecule is CCCc1ccc(-c2cncn2C)cc1. The predicted molar refractivity (Wildman–Crippen MR) is 62.6 cm³/mol. The minimum atomic E-state index is 1.16. The highest BCUT2D eigenvalue weighted by atomic mass is 15.0. The molecule has 0 bridgehead atoms. The van der Waals surface area contributed by atoms with E-state index in [1.807, 2.05) is 24.1 Å². The van der Waals surface area contributed by atoms with Crippen molar-refractivity contribution in [2.24, 2.45) is 7.05 Å².